The molecule has 18 heavy (non-hydrogen) atoms. The maximum absolute atomic E-state index is 4.20. The number of aromatic nitrogens is 2. The van der Waals surface area contributed by atoms with Gasteiger partial charge in [-0.05, 0) is 37.1 Å². The molecule has 4 heteroatoms. The first kappa shape index (κ1) is 13.3. The number of nitrogens with one attached hydrogen (secondary N) is 2. The van der Waals surface area contributed by atoms with Gasteiger partial charge in [-0.15, -0.1) is 0 Å². The van der Waals surface area contributed by atoms with Crippen molar-refractivity contribution in [3.63, 3.8) is 0 Å². The fourth-order valence-corrected chi connectivity index (χ4v) is 2.11. The molecule has 0 unspecified atom stereocenters. The molecule has 0 aliphatic heterocycles. The van der Waals surface area contributed by atoms with Crippen LogP contribution < -0.4 is 5.32 Å². The lowest BCUT2D eigenvalue weighted by Crippen LogP contribution is -2.15. The van der Waals surface area contributed by atoms with Crippen molar-refractivity contribution in [1.82, 2.24) is 15.3 Å². The Morgan fingerprint density at radius 3 is 3.00 bits per heavy atom. The standard InChI is InChI=1S/C14H18BrN3/c1-11-9-12(4-5-13(11)15)10-16-6-2-3-14-17-7-8-18-14/h4-5,7-9,16H,2-3,6,10H2,1H3,(H,17,18). The van der Waals surface area contributed by atoms with E-state index in [4.69, 9.17) is 0 Å². The number of hydrogen-bond acceptors (Lipinski definition) is 2. The van der Waals surface area contributed by atoms with E-state index in [2.05, 4.69) is 56.3 Å². The molecule has 1 aromatic carbocycles. The second-order valence-electron chi connectivity index (χ2n) is 4.40. The van der Waals surface area contributed by atoms with Crippen molar-refractivity contribution in [2.24, 2.45) is 0 Å². The van der Waals surface area contributed by atoms with Crippen LogP contribution in [0, 0.1) is 6.92 Å². The van der Waals surface area contributed by atoms with Crippen molar-refractivity contribution in [3.8, 4) is 0 Å². The highest BCUT2D eigenvalue weighted by Gasteiger charge is 1.98. The van der Waals surface area contributed by atoms with Gasteiger partial charge in [-0.3, -0.25) is 0 Å². The molecule has 0 atom stereocenters. The van der Waals surface area contributed by atoms with Gasteiger partial charge in [0.2, 0.25) is 0 Å². The average Bonchev–Trinajstić information content (AvgIpc) is 2.86. The second-order valence-corrected chi connectivity index (χ2v) is 5.25. The summed E-state index contributed by atoms with van der Waals surface area (Å²) in [4.78, 5) is 7.32. The van der Waals surface area contributed by atoms with Gasteiger partial charge >= 0.3 is 0 Å². The zero-order chi connectivity index (χ0) is 12.8. The molecule has 0 saturated heterocycles. The second kappa shape index (κ2) is 6.71. The number of imidazole rings is 1. The van der Waals surface area contributed by atoms with E-state index in [0.717, 1.165) is 31.8 Å². The van der Waals surface area contributed by atoms with Crippen LogP contribution in [0.3, 0.4) is 0 Å². The largest absolute Gasteiger partial charge is 0.349 e. The molecule has 0 radical (unpaired) electrons. The quantitative estimate of drug-likeness (QED) is 0.805. The van der Waals surface area contributed by atoms with Crippen LogP contribution in [0.25, 0.3) is 0 Å². The predicted octanol–water partition coefficient (Wildman–Crippen LogP) is 3.20. The molecule has 1 aromatic heterocycles. The highest BCUT2D eigenvalue weighted by Crippen LogP contribution is 2.16. The molecule has 0 bridgehead atoms. The SMILES string of the molecule is Cc1cc(CNCCCc2ncc[nH]2)ccc1Br. The smallest absolute Gasteiger partial charge is 0.106 e. The van der Waals surface area contributed by atoms with Gasteiger partial charge in [-0.1, -0.05) is 28.1 Å². The lowest BCUT2D eigenvalue weighted by molar-refractivity contribution is 0.641. The predicted molar refractivity (Wildman–Crippen MR) is 77.5 cm³/mol. The number of aromatic amines is 1. The highest BCUT2D eigenvalue weighted by molar-refractivity contribution is 9.10. The van der Waals surface area contributed by atoms with Crippen LogP contribution in [0.4, 0.5) is 0 Å². The minimum Gasteiger partial charge on any atom is -0.349 e. The van der Waals surface area contributed by atoms with Gasteiger partial charge in [-0.2, -0.15) is 0 Å². The molecule has 3 nitrogen and oxygen atoms in total. The van der Waals surface area contributed by atoms with Gasteiger partial charge in [0.1, 0.15) is 5.82 Å². The van der Waals surface area contributed by atoms with Crippen molar-refractivity contribution in [3.05, 3.63) is 52.0 Å². The lowest BCUT2D eigenvalue weighted by Gasteiger charge is -2.06. The van der Waals surface area contributed by atoms with E-state index in [1.807, 2.05) is 6.20 Å². The summed E-state index contributed by atoms with van der Waals surface area (Å²) < 4.78 is 1.17. The summed E-state index contributed by atoms with van der Waals surface area (Å²) in [6.07, 6.45) is 5.77. The topological polar surface area (TPSA) is 40.7 Å². The summed E-state index contributed by atoms with van der Waals surface area (Å²) in [5.41, 5.74) is 2.61. The number of aryl methyl sites for hydroxylation is 2. The summed E-state index contributed by atoms with van der Waals surface area (Å²) in [6, 6.07) is 6.47. The zero-order valence-electron chi connectivity index (χ0n) is 10.5. The van der Waals surface area contributed by atoms with Gasteiger partial charge < -0.3 is 10.3 Å². The normalized spacial score (nSPS) is 10.8. The maximum Gasteiger partial charge on any atom is 0.106 e. The Kier molecular flexibility index (Phi) is 4.96. The summed E-state index contributed by atoms with van der Waals surface area (Å²) in [7, 11) is 0. The van der Waals surface area contributed by atoms with Crippen LogP contribution in [-0.4, -0.2) is 16.5 Å². The molecule has 0 saturated carbocycles. The first-order valence-corrected chi connectivity index (χ1v) is 6.99. The van der Waals surface area contributed by atoms with Crippen molar-refractivity contribution >= 4 is 15.9 Å². The minimum atomic E-state index is 0.923. The summed E-state index contributed by atoms with van der Waals surface area (Å²) in [5.74, 6) is 1.07. The van der Waals surface area contributed by atoms with Gasteiger partial charge in [0, 0.05) is 29.8 Å². The fraction of sp³-hybridized carbons (Fsp3) is 0.357. The van der Waals surface area contributed by atoms with Crippen molar-refractivity contribution < 1.29 is 0 Å². The summed E-state index contributed by atoms with van der Waals surface area (Å²) in [5, 5.41) is 3.45. The van der Waals surface area contributed by atoms with Crippen LogP contribution in [-0.2, 0) is 13.0 Å². The first-order valence-electron chi connectivity index (χ1n) is 6.20. The molecule has 1 heterocycles. The summed E-state index contributed by atoms with van der Waals surface area (Å²) in [6.45, 7) is 4.05. The monoisotopic (exact) mass is 307 g/mol. The molecule has 2 rings (SSSR count). The molecule has 0 spiro atoms. The average molecular weight is 308 g/mol. The summed E-state index contributed by atoms with van der Waals surface area (Å²) >= 11 is 3.51. The molecule has 2 aromatic rings. The Hall–Kier alpha value is -1.13. The van der Waals surface area contributed by atoms with E-state index in [1.165, 1.54) is 15.6 Å². The van der Waals surface area contributed by atoms with E-state index in [9.17, 15) is 0 Å². The third-order valence-electron chi connectivity index (χ3n) is 2.87. The molecule has 96 valence electrons. The van der Waals surface area contributed by atoms with E-state index < -0.39 is 0 Å². The van der Waals surface area contributed by atoms with Crippen LogP contribution in [0.1, 0.15) is 23.4 Å². The van der Waals surface area contributed by atoms with Crippen LogP contribution in [0.2, 0.25) is 0 Å². The van der Waals surface area contributed by atoms with Gasteiger partial charge in [0.25, 0.3) is 0 Å². The number of rotatable bonds is 6. The molecular formula is C14H18BrN3. The molecule has 0 aliphatic carbocycles. The highest BCUT2D eigenvalue weighted by atomic mass is 79.9. The van der Waals surface area contributed by atoms with Crippen LogP contribution in [0.15, 0.2) is 35.1 Å². The van der Waals surface area contributed by atoms with Crippen LogP contribution in [0.5, 0.6) is 0 Å². The van der Waals surface area contributed by atoms with E-state index >= 15 is 0 Å². The first-order chi connectivity index (χ1) is 8.75. The number of nitrogens with zero attached hydrogens (tertiary/aromatic N) is 1. The Bertz CT molecular complexity index is 480. The van der Waals surface area contributed by atoms with Crippen molar-refractivity contribution in [1.29, 1.82) is 0 Å². The van der Waals surface area contributed by atoms with E-state index in [-0.39, 0.29) is 0 Å². The Labute approximate surface area is 116 Å². The number of H-pyrrole nitrogens is 1. The Morgan fingerprint density at radius 2 is 2.28 bits per heavy atom. The number of halogens is 1. The number of benzene rings is 1. The van der Waals surface area contributed by atoms with E-state index in [0.29, 0.717) is 0 Å². The Morgan fingerprint density at radius 1 is 1.39 bits per heavy atom. The van der Waals surface area contributed by atoms with Crippen molar-refractivity contribution in [2.45, 2.75) is 26.3 Å². The van der Waals surface area contributed by atoms with Gasteiger partial charge in [0.05, 0.1) is 0 Å². The third-order valence-corrected chi connectivity index (χ3v) is 3.76. The van der Waals surface area contributed by atoms with Crippen LogP contribution >= 0.6 is 15.9 Å². The van der Waals surface area contributed by atoms with Crippen molar-refractivity contribution in [2.75, 3.05) is 6.54 Å². The molecule has 0 fully saturated rings. The molecular weight excluding hydrogens is 290 g/mol. The van der Waals surface area contributed by atoms with E-state index in [1.54, 1.807) is 6.20 Å². The molecule has 2 N–H and O–H groups in total. The zero-order valence-corrected chi connectivity index (χ0v) is 12.1. The Balaban J connectivity index is 1.67. The van der Waals surface area contributed by atoms with Gasteiger partial charge in [-0.25, -0.2) is 4.98 Å². The molecule has 0 amide bonds. The lowest BCUT2D eigenvalue weighted by atomic mass is 10.1. The third kappa shape index (κ3) is 3.96. The fourth-order valence-electron chi connectivity index (χ4n) is 1.87. The number of hydrogen-bond donors (Lipinski definition) is 2. The minimum absolute atomic E-state index is 0.923. The van der Waals surface area contributed by atoms with Gasteiger partial charge in [0.15, 0.2) is 0 Å². The molecule has 0 aliphatic rings. The maximum atomic E-state index is 4.20.